The molecule has 6 heteroatoms. The van der Waals surface area contributed by atoms with Crippen LogP contribution in [-0.2, 0) is 0 Å². The monoisotopic (exact) mass is 404 g/mol. The molecule has 122 valence electrons. The first-order chi connectivity index (χ1) is 11.5. The van der Waals surface area contributed by atoms with Gasteiger partial charge in [0.1, 0.15) is 0 Å². The summed E-state index contributed by atoms with van der Waals surface area (Å²) in [7, 11) is 0. The molecule has 1 aliphatic carbocycles. The van der Waals surface area contributed by atoms with Crippen LogP contribution >= 0.6 is 27.5 Å². The second kappa shape index (κ2) is 5.90. The predicted octanol–water partition coefficient (Wildman–Crippen LogP) is 5.84. The van der Waals surface area contributed by atoms with Gasteiger partial charge in [0.2, 0.25) is 0 Å². The van der Waals surface area contributed by atoms with Crippen molar-refractivity contribution in [2.75, 3.05) is 5.32 Å². The molecule has 1 aliphatic heterocycles. The molecule has 4 nitrogen and oxygen atoms in total. The van der Waals surface area contributed by atoms with E-state index < -0.39 is 0 Å². The van der Waals surface area contributed by atoms with E-state index in [0.29, 0.717) is 10.9 Å². The number of rotatable bonds is 2. The highest BCUT2D eigenvalue weighted by Gasteiger charge is 2.39. The summed E-state index contributed by atoms with van der Waals surface area (Å²) in [6, 6.07) is 11.5. The number of allylic oxidation sites excluding steroid dienone is 2. The van der Waals surface area contributed by atoms with E-state index in [-0.39, 0.29) is 22.6 Å². The molecule has 0 aromatic heterocycles. The Hall–Kier alpha value is -1.85. The Morgan fingerprint density at radius 2 is 2.00 bits per heavy atom. The van der Waals surface area contributed by atoms with Crippen LogP contribution in [0.1, 0.15) is 29.5 Å². The van der Waals surface area contributed by atoms with Crippen molar-refractivity contribution in [1.29, 1.82) is 0 Å². The highest BCUT2D eigenvalue weighted by molar-refractivity contribution is 9.10. The minimum absolute atomic E-state index is 0.0432. The van der Waals surface area contributed by atoms with Crippen molar-refractivity contribution < 1.29 is 4.92 Å². The number of nitro groups is 1. The number of benzene rings is 2. The zero-order chi connectivity index (χ0) is 16.8. The van der Waals surface area contributed by atoms with Crippen molar-refractivity contribution in [3.05, 3.63) is 79.3 Å². The number of hydrogen-bond donors (Lipinski definition) is 1. The molecular formula is C18H14BrClN2O2. The Bertz CT molecular complexity index is 851. The normalized spacial score (nSPS) is 24.2. The van der Waals surface area contributed by atoms with Crippen LogP contribution in [0.25, 0.3) is 0 Å². The number of nitrogens with one attached hydrogen (secondary N) is 1. The molecule has 0 unspecified atom stereocenters. The van der Waals surface area contributed by atoms with Crippen LogP contribution < -0.4 is 5.32 Å². The Labute approximate surface area is 152 Å². The molecule has 1 heterocycles. The average Bonchev–Trinajstić information content (AvgIpc) is 3.05. The first-order valence-corrected chi connectivity index (χ1v) is 8.88. The van der Waals surface area contributed by atoms with Crippen LogP contribution in [0.15, 0.2) is 53.0 Å². The molecule has 2 aromatic carbocycles. The molecule has 2 aromatic rings. The molecule has 24 heavy (non-hydrogen) atoms. The van der Waals surface area contributed by atoms with Gasteiger partial charge in [0.25, 0.3) is 5.69 Å². The first-order valence-electron chi connectivity index (χ1n) is 7.71. The third-order valence-corrected chi connectivity index (χ3v) is 5.67. The maximum Gasteiger partial charge on any atom is 0.271 e. The molecule has 4 rings (SSSR count). The van der Waals surface area contributed by atoms with E-state index in [4.69, 9.17) is 11.6 Å². The molecule has 0 saturated heterocycles. The van der Waals surface area contributed by atoms with Gasteiger partial charge in [-0.1, -0.05) is 51.8 Å². The smallest absolute Gasteiger partial charge is 0.271 e. The highest BCUT2D eigenvalue weighted by Crippen LogP contribution is 2.52. The summed E-state index contributed by atoms with van der Waals surface area (Å²) in [5.41, 5.74) is 2.96. The van der Waals surface area contributed by atoms with Gasteiger partial charge in [0.05, 0.1) is 21.7 Å². The van der Waals surface area contributed by atoms with Crippen molar-refractivity contribution in [3.8, 4) is 0 Å². The number of anilines is 1. The SMILES string of the molecule is O=[N+]([O-])c1cc(Cl)c2c(c1)[C@@H]1C=CC[C@H]1[C@@H](c1ccc(Br)cc1)N2. The third-order valence-electron chi connectivity index (χ3n) is 4.85. The average molecular weight is 406 g/mol. The zero-order valence-corrected chi connectivity index (χ0v) is 14.9. The van der Waals surface area contributed by atoms with Crippen LogP contribution in [0.3, 0.4) is 0 Å². The summed E-state index contributed by atoms with van der Waals surface area (Å²) < 4.78 is 1.04. The van der Waals surface area contributed by atoms with Crippen molar-refractivity contribution in [3.63, 3.8) is 0 Å². The Morgan fingerprint density at radius 1 is 1.25 bits per heavy atom. The Kier molecular flexibility index (Phi) is 3.85. The van der Waals surface area contributed by atoms with Crippen molar-refractivity contribution in [2.24, 2.45) is 5.92 Å². The standard InChI is InChI=1S/C18H14BrClN2O2/c19-11-6-4-10(5-7-11)17-14-3-1-2-13(14)15-8-12(22(23)24)9-16(20)18(15)21-17/h1-2,4-9,13-14,17,21H,3H2/t13-,14-,17-/m1/s1. The summed E-state index contributed by atoms with van der Waals surface area (Å²) in [6.07, 6.45) is 5.25. The molecule has 1 N–H and O–H groups in total. The Balaban J connectivity index is 1.82. The summed E-state index contributed by atoms with van der Waals surface area (Å²) >= 11 is 9.83. The van der Waals surface area contributed by atoms with Crippen molar-refractivity contribution >= 4 is 38.9 Å². The fraction of sp³-hybridized carbons (Fsp3) is 0.222. The Morgan fingerprint density at radius 3 is 2.71 bits per heavy atom. The van der Waals surface area contributed by atoms with Gasteiger partial charge in [0, 0.05) is 22.5 Å². The molecule has 0 saturated carbocycles. The van der Waals surface area contributed by atoms with E-state index >= 15 is 0 Å². The summed E-state index contributed by atoms with van der Waals surface area (Å²) in [5, 5.41) is 15.1. The molecular weight excluding hydrogens is 392 g/mol. The maximum absolute atomic E-state index is 11.2. The highest BCUT2D eigenvalue weighted by atomic mass is 79.9. The lowest BCUT2D eigenvalue weighted by Gasteiger charge is -2.37. The fourth-order valence-electron chi connectivity index (χ4n) is 3.75. The van der Waals surface area contributed by atoms with Gasteiger partial charge in [-0.3, -0.25) is 10.1 Å². The predicted molar refractivity (Wildman–Crippen MR) is 98.6 cm³/mol. The van der Waals surface area contributed by atoms with Gasteiger partial charge in [-0.05, 0) is 35.6 Å². The van der Waals surface area contributed by atoms with E-state index in [9.17, 15) is 10.1 Å². The molecule has 3 atom stereocenters. The minimum Gasteiger partial charge on any atom is -0.376 e. The van der Waals surface area contributed by atoms with E-state index in [1.807, 2.05) is 12.1 Å². The van der Waals surface area contributed by atoms with Crippen LogP contribution in [0.2, 0.25) is 5.02 Å². The minimum atomic E-state index is -0.388. The number of nitrogens with zero attached hydrogens (tertiary/aromatic N) is 1. The molecule has 0 fully saturated rings. The van der Waals surface area contributed by atoms with Gasteiger partial charge in [-0.2, -0.15) is 0 Å². The number of hydrogen-bond acceptors (Lipinski definition) is 3. The lowest BCUT2D eigenvalue weighted by Crippen LogP contribution is -2.29. The van der Waals surface area contributed by atoms with Gasteiger partial charge >= 0.3 is 0 Å². The molecule has 0 radical (unpaired) electrons. The number of nitro benzene ring substituents is 1. The second-order valence-corrected chi connectivity index (χ2v) is 7.50. The second-order valence-electron chi connectivity index (χ2n) is 6.18. The zero-order valence-electron chi connectivity index (χ0n) is 12.6. The quantitative estimate of drug-likeness (QED) is 0.388. The summed E-state index contributed by atoms with van der Waals surface area (Å²) in [6.45, 7) is 0. The van der Waals surface area contributed by atoms with Gasteiger partial charge in [-0.15, -0.1) is 0 Å². The first kappa shape index (κ1) is 15.7. The van der Waals surface area contributed by atoms with E-state index in [1.165, 1.54) is 11.6 Å². The van der Waals surface area contributed by atoms with Crippen LogP contribution in [0.4, 0.5) is 11.4 Å². The van der Waals surface area contributed by atoms with Crippen molar-refractivity contribution in [1.82, 2.24) is 0 Å². The molecule has 0 amide bonds. The lowest BCUT2D eigenvalue weighted by atomic mass is 9.77. The van der Waals surface area contributed by atoms with E-state index in [2.05, 4.69) is 45.5 Å². The molecule has 0 bridgehead atoms. The van der Waals surface area contributed by atoms with Gasteiger partial charge in [0.15, 0.2) is 0 Å². The van der Waals surface area contributed by atoms with Crippen LogP contribution in [-0.4, -0.2) is 4.92 Å². The summed E-state index contributed by atoms with van der Waals surface area (Å²) in [4.78, 5) is 10.8. The molecule has 0 spiro atoms. The fourth-order valence-corrected chi connectivity index (χ4v) is 4.29. The summed E-state index contributed by atoms with van der Waals surface area (Å²) in [5.74, 6) is 0.476. The molecule has 2 aliphatic rings. The van der Waals surface area contributed by atoms with E-state index in [0.717, 1.165) is 22.1 Å². The van der Waals surface area contributed by atoms with Crippen LogP contribution in [0, 0.1) is 16.0 Å². The topological polar surface area (TPSA) is 55.2 Å². The van der Waals surface area contributed by atoms with Gasteiger partial charge < -0.3 is 5.32 Å². The lowest BCUT2D eigenvalue weighted by molar-refractivity contribution is -0.384. The number of halogens is 2. The largest absolute Gasteiger partial charge is 0.376 e. The van der Waals surface area contributed by atoms with Gasteiger partial charge in [-0.25, -0.2) is 0 Å². The third kappa shape index (κ3) is 2.52. The number of non-ortho nitro benzene ring substituents is 1. The maximum atomic E-state index is 11.2. The number of fused-ring (bicyclic) bond motifs is 3. The van der Waals surface area contributed by atoms with Crippen LogP contribution in [0.5, 0.6) is 0 Å². The van der Waals surface area contributed by atoms with Crippen molar-refractivity contribution in [2.45, 2.75) is 18.4 Å². The van der Waals surface area contributed by atoms with E-state index in [1.54, 1.807) is 6.07 Å².